The molecule has 0 unspecified atom stereocenters. The minimum Gasteiger partial charge on any atom is -0.319 e. The van der Waals surface area contributed by atoms with Crippen LogP contribution in [0.3, 0.4) is 0 Å². The van der Waals surface area contributed by atoms with Gasteiger partial charge in [-0.3, -0.25) is 4.79 Å². The van der Waals surface area contributed by atoms with E-state index in [9.17, 15) is 35.5 Å². The lowest BCUT2D eigenvalue weighted by molar-refractivity contribution is -0.163. The third-order valence-electron chi connectivity index (χ3n) is 2.12. The van der Waals surface area contributed by atoms with E-state index >= 15 is 0 Å². The van der Waals surface area contributed by atoms with Gasteiger partial charge in [0.1, 0.15) is 0 Å². The number of alkyl halides is 7. The molecule has 1 rings (SSSR count). The molecule has 2 nitrogen and oxygen atoms in total. The third kappa shape index (κ3) is 3.53. The molecule has 0 bridgehead atoms. The van der Waals surface area contributed by atoms with E-state index in [0.717, 1.165) is 0 Å². The first-order valence-corrected chi connectivity index (χ1v) is 5.18. The Morgan fingerprint density at radius 1 is 1.15 bits per heavy atom. The van der Waals surface area contributed by atoms with Crippen molar-refractivity contribution in [2.75, 3.05) is 5.32 Å². The van der Waals surface area contributed by atoms with Crippen molar-refractivity contribution in [1.29, 1.82) is 0 Å². The van der Waals surface area contributed by atoms with Gasteiger partial charge in [0.15, 0.2) is 0 Å². The fourth-order valence-electron chi connectivity index (χ4n) is 1.10. The second kappa shape index (κ2) is 5.47. The predicted octanol–water partition coefficient (Wildman–Crippen LogP) is 4.20. The molecule has 1 aromatic carbocycles. The van der Waals surface area contributed by atoms with Gasteiger partial charge in [-0.15, -0.1) is 0 Å². The Bertz CT molecular complexity index is 515. The van der Waals surface area contributed by atoms with Gasteiger partial charge in [0, 0.05) is 0 Å². The molecule has 1 N–H and O–H groups in total. The Kier molecular flexibility index (Phi) is 4.52. The van der Waals surface area contributed by atoms with Crippen LogP contribution in [-0.4, -0.2) is 18.3 Å². The summed E-state index contributed by atoms with van der Waals surface area (Å²) < 4.78 is 86.3. The van der Waals surface area contributed by atoms with E-state index < -0.39 is 40.7 Å². The molecule has 112 valence electrons. The molecule has 1 aromatic rings. The second-order valence-electron chi connectivity index (χ2n) is 3.57. The van der Waals surface area contributed by atoms with Gasteiger partial charge >= 0.3 is 24.4 Å². The minimum absolute atomic E-state index is 0.266. The highest BCUT2D eigenvalue weighted by Crippen LogP contribution is 2.34. The zero-order chi connectivity index (χ0) is 15.7. The smallest absolute Gasteiger partial charge is 0.319 e. The monoisotopic (exact) mass is 323 g/mol. The molecule has 0 saturated heterocycles. The average molecular weight is 324 g/mol. The summed E-state index contributed by atoms with van der Waals surface area (Å²) in [5.74, 6) is -7.49. The molecular weight excluding hydrogens is 319 g/mol. The maximum atomic E-state index is 12.7. The molecule has 0 radical (unpaired) electrons. The predicted molar refractivity (Wildman–Crippen MR) is 56.0 cm³/mol. The second-order valence-corrected chi connectivity index (χ2v) is 3.98. The standard InChI is InChI=1S/C10H5ClF7NO/c11-5-2-1-4(10(16,17)18)3-6(5)19-8(20)9(14,15)7(12)13/h1-3,7H,(H,19,20). The number of hydrogen-bond donors (Lipinski definition) is 1. The summed E-state index contributed by atoms with van der Waals surface area (Å²) >= 11 is 5.41. The number of hydrogen-bond acceptors (Lipinski definition) is 1. The zero-order valence-electron chi connectivity index (χ0n) is 9.24. The number of amides is 1. The maximum absolute atomic E-state index is 12.7. The maximum Gasteiger partial charge on any atom is 0.416 e. The van der Waals surface area contributed by atoms with Crippen LogP contribution in [0, 0.1) is 0 Å². The lowest BCUT2D eigenvalue weighted by Gasteiger charge is -2.16. The van der Waals surface area contributed by atoms with Crippen molar-refractivity contribution in [3.63, 3.8) is 0 Å². The molecule has 0 saturated carbocycles. The van der Waals surface area contributed by atoms with Gasteiger partial charge in [-0.2, -0.15) is 22.0 Å². The highest BCUT2D eigenvalue weighted by molar-refractivity contribution is 6.33. The molecule has 20 heavy (non-hydrogen) atoms. The normalized spacial score (nSPS) is 12.7. The van der Waals surface area contributed by atoms with Crippen LogP contribution in [0.15, 0.2) is 18.2 Å². The van der Waals surface area contributed by atoms with Gasteiger partial charge < -0.3 is 5.32 Å². The van der Waals surface area contributed by atoms with E-state index in [-0.39, 0.29) is 6.07 Å². The molecule has 1 amide bonds. The summed E-state index contributed by atoms with van der Waals surface area (Å²) in [7, 11) is 0. The Balaban J connectivity index is 3.07. The van der Waals surface area contributed by atoms with Gasteiger partial charge in [0.05, 0.1) is 16.3 Å². The van der Waals surface area contributed by atoms with Crippen LogP contribution in [0.5, 0.6) is 0 Å². The van der Waals surface area contributed by atoms with Crippen molar-refractivity contribution in [3.05, 3.63) is 28.8 Å². The molecule has 0 aliphatic carbocycles. The average Bonchev–Trinajstić information content (AvgIpc) is 2.30. The van der Waals surface area contributed by atoms with E-state index in [1.54, 1.807) is 0 Å². The number of carbonyl (C=O) groups excluding carboxylic acids is 1. The lowest BCUT2D eigenvalue weighted by atomic mass is 10.2. The fourth-order valence-corrected chi connectivity index (χ4v) is 1.27. The van der Waals surface area contributed by atoms with E-state index in [4.69, 9.17) is 11.6 Å². The molecule has 0 aliphatic rings. The van der Waals surface area contributed by atoms with E-state index in [0.29, 0.717) is 12.1 Å². The summed E-state index contributed by atoms with van der Waals surface area (Å²) in [5.41, 5.74) is -2.12. The molecule has 0 aliphatic heterocycles. The molecule has 10 heteroatoms. The Morgan fingerprint density at radius 2 is 1.70 bits per heavy atom. The van der Waals surface area contributed by atoms with Crippen LogP contribution in [0.2, 0.25) is 5.02 Å². The highest BCUT2D eigenvalue weighted by atomic mass is 35.5. The number of halogens is 8. The van der Waals surface area contributed by atoms with E-state index in [2.05, 4.69) is 0 Å². The van der Waals surface area contributed by atoms with Crippen molar-refractivity contribution in [3.8, 4) is 0 Å². The quantitative estimate of drug-likeness (QED) is 0.830. The van der Waals surface area contributed by atoms with Crippen molar-refractivity contribution in [2.45, 2.75) is 18.5 Å². The summed E-state index contributed by atoms with van der Waals surface area (Å²) in [5, 5.41) is 0.740. The van der Waals surface area contributed by atoms with Gasteiger partial charge in [-0.05, 0) is 18.2 Å². The molecule has 0 fully saturated rings. The molecule has 0 atom stereocenters. The molecule has 0 heterocycles. The number of anilines is 1. The van der Waals surface area contributed by atoms with Crippen LogP contribution in [0.25, 0.3) is 0 Å². The highest BCUT2D eigenvalue weighted by Gasteiger charge is 2.49. The first-order chi connectivity index (χ1) is 8.96. The third-order valence-corrected chi connectivity index (χ3v) is 2.45. The molecular formula is C10H5ClF7NO. The number of benzene rings is 1. The number of rotatable bonds is 3. The minimum atomic E-state index is -5.04. The fraction of sp³-hybridized carbons (Fsp3) is 0.300. The van der Waals surface area contributed by atoms with Crippen molar-refractivity contribution >= 4 is 23.2 Å². The van der Waals surface area contributed by atoms with Crippen LogP contribution < -0.4 is 5.32 Å². The van der Waals surface area contributed by atoms with Crippen molar-refractivity contribution in [1.82, 2.24) is 0 Å². The first kappa shape index (κ1) is 16.5. The number of nitrogens with one attached hydrogen (secondary N) is 1. The summed E-state index contributed by atoms with van der Waals surface area (Å²) in [6, 6.07) is 1.51. The van der Waals surface area contributed by atoms with Gasteiger partial charge in [-0.25, -0.2) is 8.78 Å². The summed E-state index contributed by atoms with van der Waals surface area (Å²) in [4.78, 5) is 10.9. The topological polar surface area (TPSA) is 29.1 Å². The Hall–Kier alpha value is -1.51. The summed E-state index contributed by atoms with van der Waals surface area (Å²) in [6.07, 6.45) is -9.11. The van der Waals surface area contributed by atoms with Crippen LogP contribution in [-0.2, 0) is 11.0 Å². The first-order valence-electron chi connectivity index (χ1n) is 4.80. The largest absolute Gasteiger partial charge is 0.416 e. The summed E-state index contributed by atoms with van der Waals surface area (Å²) in [6.45, 7) is 0. The molecule has 0 aromatic heterocycles. The van der Waals surface area contributed by atoms with Crippen molar-refractivity contribution in [2.24, 2.45) is 0 Å². The lowest BCUT2D eigenvalue weighted by Crippen LogP contribution is -2.41. The van der Waals surface area contributed by atoms with Crippen LogP contribution in [0.4, 0.5) is 36.4 Å². The zero-order valence-corrected chi connectivity index (χ0v) is 10.00. The molecule has 0 spiro atoms. The van der Waals surface area contributed by atoms with Crippen LogP contribution in [0.1, 0.15) is 5.56 Å². The van der Waals surface area contributed by atoms with E-state index in [1.807, 2.05) is 0 Å². The number of carbonyl (C=O) groups is 1. The van der Waals surface area contributed by atoms with Crippen molar-refractivity contribution < 1.29 is 35.5 Å². The van der Waals surface area contributed by atoms with E-state index in [1.165, 1.54) is 5.32 Å². The Morgan fingerprint density at radius 3 is 2.15 bits per heavy atom. The van der Waals surface area contributed by atoms with Crippen LogP contribution >= 0.6 is 11.6 Å². The van der Waals surface area contributed by atoms with Gasteiger partial charge in [0.25, 0.3) is 0 Å². The van der Waals surface area contributed by atoms with Gasteiger partial charge in [-0.1, -0.05) is 11.6 Å². The SMILES string of the molecule is O=C(Nc1cc(C(F)(F)F)ccc1Cl)C(F)(F)C(F)F. The van der Waals surface area contributed by atoms with Gasteiger partial charge in [0.2, 0.25) is 0 Å². The Labute approximate surface area is 112 Å².